The van der Waals surface area contributed by atoms with Crippen LogP contribution in [0.5, 0.6) is 5.75 Å². The Bertz CT molecular complexity index is 1050. The van der Waals surface area contributed by atoms with E-state index in [4.69, 9.17) is 0 Å². The highest BCUT2D eigenvalue weighted by atomic mass is 32.2. The highest BCUT2D eigenvalue weighted by Gasteiger charge is 2.40. The minimum Gasteiger partial charge on any atom is -0.508 e. The molecule has 7 heteroatoms. The molecule has 1 saturated carbocycles. The van der Waals surface area contributed by atoms with Crippen LogP contribution in [0.15, 0.2) is 53.4 Å². The van der Waals surface area contributed by atoms with Crippen LogP contribution in [0.2, 0.25) is 0 Å². The molecule has 0 bridgehead atoms. The summed E-state index contributed by atoms with van der Waals surface area (Å²) in [5.41, 5.74) is 0.900. The van der Waals surface area contributed by atoms with E-state index in [1.807, 2.05) is 30.3 Å². The van der Waals surface area contributed by atoms with Crippen molar-refractivity contribution in [3.63, 3.8) is 0 Å². The third-order valence-corrected chi connectivity index (χ3v) is 9.03. The van der Waals surface area contributed by atoms with Gasteiger partial charge in [0.1, 0.15) is 11.5 Å². The van der Waals surface area contributed by atoms with E-state index in [2.05, 4.69) is 10.2 Å². The number of ketones is 1. The van der Waals surface area contributed by atoms with Gasteiger partial charge in [0.2, 0.25) is 0 Å². The summed E-state index contributed by atoms with van der Waals surface area (Å²) in [7, 11) is 0. The lowest BCUT2D eigenvalue weighted by molar-refractivity contribution is -0.126. The molecule has 1 amide bonds. The zero-order valence-electron chi connectivity index (χ0n) is 21.2. The number of fused-ring (bicyclic) bond motifs is 1. The number of carbonyl (C=O) groups is 2. The number of Topliss-reactive ketones (excluding diaryl/α,β-unsaturated/α-hetero) is 1. The largest absolute Gasteiger partial charge is 0.508 e. The highest BCUT2D eigenvalue weighted by molar-refractivity contribution is 7.99. The summed E-state index contributed by atoms with van der Waals surface area (Å²) in [6.45, 7) is 4.53. The number of phenols is 1. The summed E-state index contributed by atoms with van der Waals surface area (Å²) in [4.78, 5) is 29.0. The van der Waals surface area contributed by atoms with Crippen molar-refractivity contribution >= 4 is 23.5 Å². The number of aromatic hydroxyl groups is 1. The van der Waals surface area contributed by atoms with Crippen LogP contribution in [0.4, 0.5) is 0 Å². The topological polar surface area (TPSA) is 89.9 Å². The lowest BCUT2D eigenvalue weighted by atomic mass is 9.72. The molecule has 1 saturated heterocycles. The summed E-state index contributed by atoms with van der Waals surface area (Å²) >= 11 is 1.58. The number of aliphatic hydroxyl groups excluding tert-OH is 1. The zero-order chi connectivity index (χ0) is 25.7. The van der Waals surface area contributed by atoms with Crippen LogP contribution in [0.25, 0.3) is 0 Å². The Labute approximate surface area is 218 Å². The molecule has 0 spiro atoms. The van der Waals surface area contributed by atoms with E-state index >= 15 is 0 Å². The number of likely N-dealkylation sites (tertiary alicyclic amines) is 1. The lowest BCUT2D eigenvalue weighted by Crippen LogP contribution is -2.56. The predicted octanol–water partition coefficient (Wildman–Crippen LogP) is 4.42. The van der Waals surface area contributed by atoms with Gasteiger partial charge < -0.3 is 15.5 Å². The van der Waals surface area contributed by atoms with Crippen LogP contribution in [0.1, 0.15) is 54.9 Å². The Kier molecular flexibility index (Phi) is 9.09. The first-order valence-corrected chi connectivity index (χ1v) is 14.0. The molecule has 5 unspecified atom stereocenters. The molecule has 194 valence electrons. The summed E-state index contributed by atoms with van der Waals surface area (Å²) in [5, 5.41) is 24.5. The minimum absolute atomic E-state index is 0.0676. The molecule has 0 radical (unpaired) electrons. The molecule has 0 aromatic heterocycles. The van der Waals surface area contributed by atoms with Crippen molar-refractivity contribution < 1.29 is 19.8 Å². The molecule has 1 aliphatic heterocycles. The number of piperidine rings is 1. The van der Waals surface area contributed by atoms with E-state index in [-0.39, 0.29) is 23.5 Å². The second-order valence-electron chi connectivity index (χ2n) is 10.3. The van der Waals surface area contributed by atoms with E-state index in [1.54, 1.807) is 43.8 Å². The van der Waals surface area contributed by atoms with E-state index < -0.39 is 12.1 Å². The number of rotatable bonds is 9. The van der Waals surface area contributed by atoms with Gasteiger partial charge in [-0.2, -0.15) is 0 Å². The zero-order valence-corrected chi connectivity index (χ0v) is 22.0. The number of benzene rings is 2. The maximum absolute atomic E-state index is 13.2. The maximum Gasteiger partial charge on any atom is 0.252 e. The Morgan fingerprint density at radius 1 is 1.08 bits per heavy atom. The highest BCUT2D eigenvalue weighted by Crippen LogP contribution is 2.39. The maximum atomic E-state index is 13.2. The Morgan fingerprint density at radius 2 is 1.81 bits per heavy atom. The number of β-amino-alcohol motifs (C(OH)–C–C–N with tert-alkyl or cyclic N) is 1. The van der Waals surface area contributed by atoms with Crippen LogP contribution in [0.3, 0.4) is 0 Å². The third-order valence-electron chi connectivity index (χ3n) is 7.90. The van der Waals surface area contributed by atoms with Crippen molar-refractivity contribution in [2.24, 2.45) is 11.8 Å². The average molecular weight is 511 g/mol. The van der Waals surface area contributed by atoms with Gasteiger partial charge in [-0.3, -0.25) is 14.5 Å². The molecular weight excluding hydrogens is 472 g/mol. The normalized spacial score (nSPS) is 23.9. The Balaban J connectivity index is 1.50. The summed E-state index contributed by atoms with van der Waals surface area (Å²) < 4.78 is 0. The fourth-order valence-electron chi connectivity index (χ4n) is 5.76. The summed E-state index contributed by atoms with van der Waals surface area (Å²) in [6, 6.07) is 14.1. The van der Waals surface area contributed by atoms with Gasteiger partial charge in [0, 0.05) is 34.9 Å². The fourth-order valence-corrected chi connectivity index (χ4v) is 6.79. The fraction of sp³-hybridized carbons (Fsp3) is 0.517. The molecule has 2 aliphatic rings. The number of nitrogens with zero attached hydrogens (tertiary/aromatic N) is 1. The second-order valence-corrected chi connectivity index (χ2v) is 11.4. The summed E-state index contributed by atoms with van der Waals surface area (Å²) in [6.07, 6.45) is 4.88. The van der Waals surface area contributed by atoms with Crippen molar-refractivity contribution in [2.75, 3.05) is 18.8 Å². The number of carbonyl (C=O) groups excluding carboxylic acids is 2. The van der Waals surface area contributed by atoms with Crippen molar-refractivity contribution in [1.29, 1.82) is 0 Å². The van der Waals surface area contributed by atoms with E-state index in [0.717, 1.165) is 17.9 Å². The van der Waals surface area contributed by atoms with Crippen LogP contribution in [-0.4, -0.2) is 63.8 Å². The van der Waals surface area contributed by atoms with E-state index in [1.165, 1.54) is 25.7 Å². The lowest BCUT2D eigenvalue weighted by Gasteiger charge is -2.46. The molecule has 1 aliphatic carbocycles. The number of thioether (sulfide) groups is 1. The Hall–Kier alpha value is -2.35. The number of aliphatic hydroxyl groups is 1. The van der Waals surface area contributed by atoms with Gasteiger partial charge in [-0.25, -0.2) is 0 Å². The molecule has 3 N–H and O–H groups in total. The van der Waals surface area contributed by atoms with E-state index in [0.29, 0.717) is 35.3 Å². The number of phenolic OH excluding ortho intramolecular Hbond substituents is 1. The monoisotopic (exact) mass is 510 g/mol. The molecule has 5 atom stereocenters. The van der Waals surface area contributed by atoms with Crippen molar-refractivity contribution in [3.8, 4) is 5.75 Å². The number of amides is 1. The molecule has 2 aromatic rings. The number of hydrogen-bond donors (Lipinski definition) is 3. The van der Waals surface area contributed by atoms with Gasteiger partial charge >= 0.3 is 0 Å². The SMILES string of the molecule is CC(=O)C1CC2CCCCC2CN1CC(O)C(CSc1ccccc1)NC(=O)c1cccc(O)c1C. The summed E-state index contributed by atoms with van der Waals surface area (Å²) in [5.74, 6) is 1.55. The van der Waals surface area contributed by atoms with Crippen molar-refractivity contribution in [2.45, 2.75) is 69.0 Å². The minimum atomic E-state index is -0.843. The quantitative estimate of drug-likeness (QED) is 0.433. The van der Waals surface area contributed by atoms with Gasteiger partial charge in [0.25, 0.3) is 5.91 Å². The molecule has 6 nitrogen and oxygen atoms in total. The van der Waals surface area contributed by atoms with Crippen molar-refractivity contribution in [1.82, 2.24) is 10.2 Å². The molecule has 4 rings (SSSR count). The van der Waals surface area contributed by atoms with E-state index in [9.17, 15) is 19.8 Å². The average Bonchev–Trinajstić information content (AvgIpc) is 2.88. The van der Waals surface area contributed by atoms with Gasteiger partial charge in [0.05, 0.1) is 18.2 Å². The van der Waals surface area contributed by atoms with Crippen LogP contribution in [0, 0.1) is 18.8 Å². The molecule has 2 fully saturated rings. The van der Waals surface area contributed by atoms with Crippen molar-refractivity contribution in [3.05, 3.63) is 59.7 Å². The Morgan fingerprint density at radius 3 is 2.53 bits per heavy atom. The first-order valence-electron chi connectivity index (χ1n) is 13.0. The van der Waals surface area contributed by atoms with Gasteiger partial charge in [-0.15, -0.1) is 11.8 Å². The van der Waals surface area contributed by atoms with Gasteiger partial charge in [0.15, 0.2) is 0 Å². The van der Waals surface area contributed by atoms with Crippen LogP contribution < -0.4 is 5.32 Å². The molecule has 2 aromatic carbocycles. The first kappa shape index (κ1) is 26.7. The van der Waals surface area contributed by atoms with Crippen LogP contribution in [-0.2, 0) is 4.79 Å². The van der Waals surface area contributed by atoms with Crippen LogP contribution >= 0.6 is 11.8 Å². The van der Waals surface area contributed by atoms with Gasteiger partial charge in [-0.1, -0.05) is 43.5 Å². The molecule has 1 heterocycles. The first-order chi connectivity index (χ1) is 17.3. The predicted molar refractivity (Wildman–Crippen MR) is 143 cm³/mol. The molecule has 36 heavy (non-hydrogen) atoms. The number of nitrogens with one attached hydrogen (secondary N) is 1. The second kappa shape index (κ2) is 12.3. The standard InChI is InChI=1S/C29H38N2O4S/c1-19-24(13-8-14-27(19)33)29(35)30-25(18-36-23-11-4-3-5-12-23)28(34)17-31-16-22-10-7-6-9-21(22)15-26(31)20(2)32/h3-5,8,11-14,21-22,25-26,28,33-34H,6-7,9-10,15-18H2,1-2H3,(H,30,35). The third kappa shape index (κ3) is 6.50. The molecular formula is C29H38N2O4S. The smallest absolute Gasteiger partial charge is 0.252 e. The van der Waals surface area contributed by atoms with Gasteiger partial charge in [-0.05, 0) is 62.8 Å². The number of hydrogen-bond acceptors (Lipinski definition) is 6.